The van der Waals surface area contributed by atoms with E-state index < -0.39 is 0 Å². The minimum atomic E-state index is 0. The second kappa shape index (κ2) is 2.53. The fourth-order valence-corrected chi connectivity index (χ4v) is 1.06. The van der Waals surface area contributed by atoms with Crippen molar-refractivity contribution in [1.29, 1.82) is 0 Å². The Morgan fingerprint density at radius 3 is 2.45 bits per heavy atom. The van der Waals surface area contributed by atoms with Crippen LogP contribution in [0.3, 0.4) is 0 Å². The molecule has 0 aliphatic carbocycles. The van der Waals surface area contributed by atoms with Gasteiger partial charge in [-0.2, -0.15) is 0 Å². The van der Waals surface area contributed by atoms with E-state index >= 15 is 0 Å². The van der Waals surface area contributed by atoms with Crippen molar-refractivity contribution < 1.29 is 0 Å². The topological polar surface area (TPSA) is 0 Å². The normalized spacial score (nSPS) is 9.09. The Morgan fingerprint density at radius 1 is 0.909 bits per heavy atom. The van der Waals surface area contributed by atoms with Gasteiger partial charge in [-0.3, -0.25) is 0 Å². The van der Waals surface area contributed by atoms with E-state index in [9.17, 15) is 0 Å². The molecule has 0 N–H and O–H groups in total. The van der Waals surface area contributed by atoms with Crippen molar-refractivity contribution in [1.82, 2.24) is 0 Å². The van der Waals surface area contributed by atoms with E-state index in [0.29, 0.717) is 0 Å². The summed E-state index contributed by atoms with van der Waals surface area (Å²) in [5.74, 6) is 0. The molecule has 2 aromatic rings. The molecule has 0 aromatic heterocycles. The predicted molar refractivity (Wildman–Crippen MR) is 42.8 cm³/mol. The Labute approximate surface area is 60.1 Å². The summed E-state index contributed by atoms with van der Waals surface area (Å²) in [7, 11) is 0. The zero-order chi connectivity index (χ0) is 6.81. The van der Waals surface area contributed by atoms with Crippen LogP contribution >= 0.6 is 0 Å². The molecule has 0 bridgehead atoms. The van der Waals surface area contributed by atoms with Gasteiger partial charge in [0.05, 0.1) is 0 Å². The van der Waals surface area contributed by atoms with Gasteiger partial charge in [-0.15, -0.1) is 47.2 Å². The summed E-state index contributed by atoms with van der Waals surface area (Å²) < 4.78 is 0. The number of rotatable bonds is 0. The Bertz CT molecular complexity index is 276. The molecule has 0 heterocycles. The Balaban J connectivity index is 0.000000605. The van der Waals surface area contributed by atoms with Gasteiger partial charge in [0.15, 0.2) is 0 Å². The molecular weight excluding hydrogens is 379 g/mol. The first-order valence-corrected chi connectivity index (χ1v) is 3.32. The first-order valence-electron chi connectivity index (χ1n) is 3.32. The molecular formula is C10H7No-. The average Bonchev–Trinajstić information content (AvgIpc) is 2.05. The smallest absolute Gasteiger partial charge is 0 e. The molecule has 2 aromatic carbocycles. The van der Waals surface area contributed by atoms with Crippen LogP contribution in [0.2, 0.25) is 0 Å². The van der Waals surface area contributed by atoms with Gasteiger partial charge < -0.3 is 0 Å². The van der Waals surface area contributed by atoms with Crippen molar-refractivity contribution >= 4 is 10.8 Å². The molecule has 62 valence electrons. The quantitative estimate of drug-likeness (QED) is 0.611. The third kappa shape index (κ3) is 1.01. The van der Waals surface area contributed by atoms with Gasteiger partial charge >= 0.3 is 0 Å². The third-order valence-corrected chi connectivity index (χ3v) is 1.57. The first kappa shape index (κ1) is 6.81. The van der Waals surface area contributed by atoms with Gasteiger partial charge in [-0.1, -0.05) is 12.1 Å². The molecule has 0 nitrogen and oxygen atoms in total. The molecule has 0 spiro atoms. The largest absolute Gasteiger partial charge is 0.147 e. The molecule has 0 fully saturated rings. The SMILES string of the molecule is [No].[c-]1cccc2ccccc12. The summed E-state index contributed by atoms with van der Waals surface area (Å²) in [6.45, 7) is 0. The summed E-state index contributed by atoms with van der Waals surface area (Å²) >= 11 is 0. The Kier molecular flexibility index (Phi) is 1.56. The Hall–Kier alpha value is -2.30. The van der Waals surface area contributed by atoms with Crippen LogP contribution < -0.4 is 0 Å². The fraction of sp³-hybridized carbons (Fsp3) is 0. The van der Waals surface area contributed by atoms with E-state index in [1.54, 1.807) is 0 Å². The van der Waals surface area contributed by atoms with Crippen LogP contribution in [0.15, 0.2) is 42.5 Å². The van der Waals surface area contributed by atoms with Crippen molar-refractivity contribution in [2.75, 3.05) is 0 Å². The molecule has 11 heavy (non-hydrogen) atoms. The monoisotopic (exact) mass is 386 g/mol. The van der Waals surface area contributed by atoms with Crippen LogP contribution in [0.5, 0.6) is 0 Å². The van der Waals surface area contributed by atoms with Crippen molar-refractivity contribution in [3.8, 4) is 0 Å². The molecule has 0 aliphatic heterocycles. The van der Waals surface area contributed by atoms with Gasteiger partial charge in [0.25, 0.3) is 0 Å². The molecule has 0 amide bonds. The van der Waals surface area contributed by atoms with Gasteiger partial charge in [0.1, 0.15) is 0 Å². The average molecular weight is 386 g/mol. The summed E-state index contributed by atoms with van der Waals surface area (Å²) in [4.78, 5) is 0. The molecule has 2 rings (SSSR count). The fourth-order valence-electron chi connectivity index (χ4n) is 1.06. The molecule has 0 unspecified atom stereocenters. The summed E-state index contributed by atoms with van der Waals surface area (Å²) in [5.41, 5.74) is 0. The second-order valence-corrected chi connectivity index (χ2v) is 2.26. The standard InChI is InChI=1S/C10H7.No/c1-2-6-10-8-4-3-7-9(10)5-1;/h1-7H;/q-1;. The second-order valence-electron chi connectivity index (χ2n) is 2.26. The third-order valence-electron chi connectivity index (χ3n) is 1.57. The van der Waals surface area contributed by atoms with Gasteiger partial charge in [0, 0.05) is 0 Å². The summed E-state index contributed by atoms with van der Waals surface area (Å²) in [6.07, 6.45) is 0. The summed E-state index contributed by atoms with van der Waals surface area (Å²) in [6, 6.07) is 17.4. The predicted octanol–water partition coefficient (Wildman–Crippen LogP) is 2.64. The van der Waals surface area contributed by atoms with Gasteiger partial charge in [-0.25, -0.2) is 0 Å². The van der Waals surface area contributed by atoms with E-state index in [1.165, 1.54) is 10.8 Å². The minimum absolute atomic E-state index is 0. The zero-order valence-corrected chi connectivity index (χ0v) is 8.03. The zero-order valence-electron chi connectivity index (χ0n) is 5.81. The van der Waals surface area contributed by atoms with E-state index in [1.807, 2.05) is 24.3 Å². The maximum atomic E-state index is 3.15. The van der Waals surface area contributed by atoms with Crippen molar-refractivity contribution in [2.45, 2.75) is 0 Å². The van der Waals surface area contributed by atoms with E-state index in [0.717, 1.165) is 0 Å². The van der Waals surface area contributed by atoms with Gasteiger partial charge in [0.2, 0.25) is 0 Å². The molecule has 0 saturated carbocycles. The van der Waals surface area contributed by atoms with E-state index in [4.69, 9.17) is 0 Å². The number of fused-ring (bicyclic) bond motifs is 1. The van der Waals surface area contributed by atoms with Crippen LogP contribution in [0.1, 0.15) is 0 Å². The number of hydrogen-bond donors (Lipinski definition) is 0. The maximum absolute atomic E-state index is 3.15. The number of hydrogen-bond acceptors (Lipinski definition) is 0. The minimum Gasteiger partial charge on any atom is -0.147 e. The van der Waals surface area contributed by atoms with Crippen LogP contribution in [0.25, 0.3) is 10.8 Å². The van der Waals surface area contributed by atoms with Crippen LogP contribution in [-0.2, 0) is 0 Å². The van der Waals surface area contributed by atoms with Crippen LogP contribution in [0, 0.1) is 6.07 Å². The van der Waals surface area contributed by atoms with E-state index in [-0.39, 0.29) is 0 Å². The van der Waals surface area contributed by atoms with E-state index in [2.05, 4.69) is 24.3 Å². The van der Waals surface area contributed by atoms with Crippen LogP contribution in [0.4, 0.5) is 0 Å². The molecule has 1 heteroatoms. The molecule has 0 aliphatic rings. The van der Waals surface area contributed by atoms with Crippen molar-refractivity contribution in [3.63, 3.8) is 0 Å². The number of benzene rings is 2. The van der Waals surface area contributed by atoms with Gasteiger partial charge in [-0.05, 0) is 0 Å². The van der Waals surface area contributed by atoms with Crippen LogP contribution in [-0.4, -0.2) is 0 Å². The van der Waals surface area contributed by atoms with Crippen molar-refractivity contribution in [3.05, 3.63) is 48.5 Å². The Morgan fingerprint density at radius 2 is 1.64 bits per heavy atom. The first-order chi connectivity index (χ1) is 4.97. The maximum Gasteiger partial charge on any atom is 0 e. The molecule has 0 saturated heterocycles. The molecule has 0 atom stereocenters. The molecule has 0 radical (unpaired) electrons. The van der Waals surface area contributed by atoms with Crippen molar-refractivity contribution in [2.24, 2.45) is 0 Å². The summed E-state index contributed by atoms with van der Waals surface area (Å²) in [5, 5.41) is 2.44.